The summed E-state index contributed by atoms with van der Waals surface area (Å²) in [4.78, 5) is 13.0. The number of piperidine rings is 1. The zero-order valence-corrected chi connectivity index (χ0v) is 17.5. The van der Waals surface area contributed by atoms with Crippen molar-refractivity contribution in [1.29, 1.82) is 0 Å². The summed E-state index contributed by atoms with van der Waals surface area (Å²) in [6, 6.07) is 8.49. The largest absolute Gasteiger partial charge is 0.497 e. The summed E-state index contributed by atoms with van der Waals surface area (Å²) in [6.45, 7) is 4.90. The van der Waals surface area contributed by atoms with Crippen LogP contribution in [0, 0.1) is 12.8 Å². The van der Waals surface area contributed by atoms with Crippen molar-refractivity contribution in [3.63, 3.8) is 0 Å². The quantitative estimate of drug-likeness (QED) is 0.829. The van der Waals surface area contributed by atoms with E-state index in [-0.39, 0.29) is 10.8 Å². The van der Waals surface area contributed by atoms with Crippen molar-refractivity contribution in [1.82, 2.24) is 8.87 Å². The van der Waals surface area contributed by atoms with E-state index in [4.69, 9.17) is 4.74 Å². The normalized spacial score (nSPS) is 16.1. The molecule has 1 fully saturated rings. The Balaban J connectivity index is 1.87. The number of benzene rings is 1. The average Bonchev–Trinajstić information content (AvgIpc) is 2.98. The van der Waals surface area contributed by atoms with Gasteiger partial charge in [-0.15, -0.1) is 0 Å². The van der Waals surface area contributed by atoms with Crippen LogP contribution in [0.4, 0.5) is 5.69 Å². The minimum Gasteiger partial charge on any atom is -0.497 e. The van der Waals surface area contributed by atoms with Crippen LogP contribution < -0.4 is 10.1 Å². The van der Waals surface area contributed by atoms with Crippen LogP contribution in [0.3, 0.4) is 0 Å². The van der Waals surface area contributed by atoms with Gasteiger partial charge in [0.25, 0.3) is 5.91 Å². The van der Waals surface area contributed by atoms with Crippen molar-refractivity contribution in [2.24, 2.45) is 13.0 Å². The van der Waals surface area contributed by atoms with Crippen molar-refractivity contribution in [3.8, 4) is 5.75 Å². The van der Waals surface area contributed by atoms with E-state index in [1.165, 1.54) is 10.4 Å². The zero-order chi connectivity index (χ0) is 20.5. The SMILES string of the molecule is COc1cccc(NC(=O)c2cc(S(=O)(=O)N3CCC(C)CC3)c(C)n2C)c1. The highest BCUT2D eigenvalue weighted by atomic mass is 32.2. The fraction of sp³-hybridized carbons (Fsp3) is 0.450. The summed E-state index contributed by atoms with van der Waals surface area (Å²) in [5, 5.41) is 2.80. The Bertz CT molecular complexity index is 973. The maximum Gasteiger partial charge on any atom is 0.272 e. The number of carbonyl (C=O) groups excluding carboxylic acids is 1. The Morgan fingerprint density at radius 3 is 2.54 bits per heavy atom. The molecule has 28 heavy (non-hydrogen) atoms. The molecule has 1 amide bonds. The van der Waals surface area contributed by atoms with Gasteiger partial charge in [0.05, 0.1) is 7.11 Å². The highest BCUT2D eigenvalue weighted by Crippen LogP contribution is 2.28. The second-order valence-electron chi connectivity index (χ2n) is 7.31. The molecule has 0 atom stereocenters. The molecule has 1 N–H and O–H groups in total. The number of aromatic nitrogens is 1. The van der Waals surface area contributed by atoms with Gasteiger partial charge < -0.3 is 14.6 Å². The Hall–Kier alpha value is -2.32. The lowest BCUT2D eigenvalue weighted by Gasteiger charge is -2.29. The molecule has 0 saturated carbocycles. The number of nitrogens with one attached hydrogen (secondary N) is 1. The molecule has 152 valence electrons. The maximum absolute atomic E-state index is 13.1. The van der Waals surface area contributed by atoms with Crippen molar-refractivity contribution in [3.05, 3.63) is 41.7 Å². The highest BCUT2D eigenvalue weighted by Gasteiger charge is 2.32. The van der Waals surface area contributed by atoms with E-state index in [0.717, 1.165) is 12.8 Å². The Labute approximate surface area is 166 Å². The molecule has 1 aromatic heterocycles. The van der Waals surface area contributed by atoms with E-state index in [1.54, 1.807) is 49.9 Å². The molecule has 1 aliphatic heterocycles. The van der Waals surface area contributed by atoms with E-state index in [1.807, 2.05) is 0 Å². The van der Waals surface area contributed by atoms with Crippen LogP contribution in [-0.4, -0.2) is 43.4 Å². The van der Waals surface area contributed by atoms with Crippen LogP contribution in [0.2, 0.25) is 0 Å². The molecule has 2 aromatic rings. The molecular weight excluding hydrogens is 378 g/mol. The molecule has 0 unspecified atom stereocenters. The van der Waals surface area contributed by atoms with Gasteiger partial charge in [-0.1, -0.05) is 13.0 Å². The summed E-state index contributed by atoms with van der Waals surface area (Å²) in [5.74, 6) is 0.795. The molecule has 1 aliphatic rings. The van der Waals surface area contributed by atoms with E-state index in [2.05, 4.69) is 12.2 Å². The topological polar surface area (TPSA) is 80.6 Å². The summed E-state index contributed by atoms with van der Waals surface area (Å²) in [5.41, 5.74) is 1.43. The third-order valence-electron chi connectivity index (χ3n) is 5.41. The first kappa shape index (κ1) is 20.4. The Morgan fingerprint density at radius 1 is 1.21 bits per heavy atom. The Kier molecular flexibility index (Phi) is 5.81. The molecule has 2 heterocycles. The fourth-order valence-corrected chi connectivity index (χ4v) is 5.15. The van der Waals surface area contributed by atoms with Crippen molar-refractivity contribution < 1.29 is 17.9 Å². The second kappa shape index (κ2) is 7.97. The van der Waals surface area contributed by atoms with Crippen molar-refractivity contribution in [2.45, 2.75) is 31.6 Å². The molecule has 8 heteroatoms. The minimum absolute atomic E-state index is 0.195. The molecule has 0 radical (unpaired) electrons. The first-order valence-corrected chi connectivity index (χ1v) is 10.8. The van der Waals surface area contributed by atoms with E-state index < -0.39 is 10.0 Å². The molecule has 0 bridgehead atoms. The third-order valence-corrected chi connectivity index (χ3v) is 7.42. The van der Waals surface area contributed by atoms with Crippen LogP contribution in [0.25, 0.3) is 0 Å². The van der Waals surface area contributed by atoms with Crippen molar-refractivity contribution in [2.75, 3.05) is 25.5 Å². The molecule has 1 saturated heterocycles. The number of amides is 1. The lowest BCUT2D eigenvalue weighted by atomic mass is 10.0. The number of ether oxygens (including phenoxy) is 1. The van der Waals surface area contributed by atoms with Crippen LogP contribution in [0.5, 0.6) is 5.75 Å². The predicted octanol–water partition coefficient (Wildman–Crippen LogP) is 3.02. The number of sulfonamides is 1. The van der Waals surface area contributed by atoms with Gasteiger partial charge in [0, 0.05) is 37.6 Å². The highest BCUT2D eigenvalue weighted by molar-refractivity contribution is 7.89. The number of carbonyl (C=O) groups is 1. The first-order valence-electron chi connectivity index (χ1n) is 9.36. The van der Waals surface area contributed by atoms with Crippen LogP contribution in [0.1, 0.15) is 35.9 Å². The molecule has 1 aromatic carbocycles. The maximum atomic E-state index is 13.1. The molecule has 0 aliphatic carbocycles. The van der Waals surface area contributed by atoms with Gasteiger partial charge in [0.2, 0.25) is 10.0 Å². The van der Waals surface area contributed by atoms with Gasteiger partial charge in [-0.3, -0.25) is 4.79 Å². The number of anilines is 1. The van der Waals surface area contributed by atoms with Gasteiger partial charge >= 0.3 is 0 Å². The standard InChI is InChI=1S/C20H27N3O4S/c1-14-8-10-23(11-9-14)28(25,26)19-13-18(22(3)15(19)2)20(24)21-16-6-5-7-17(12-16)27-4/h5-7,12-14H,8-11H2,1-4H3,(H,21,24). The number of nitrogens with zero attached hydrogens (tertiary/aromatic N) is 2. The minimum atomic E-state index is -3.62. The number of rotatable bonds is 5. The summed E-state index contributed by atoms with van der Waals surface area (Å²) in [6.07, 6.45) is 1.71. The summed E-state index contributed by atoms with van der Waals surface area (Å²) < 4.78 is 34.5. The van der Waals surface area contributed by atoms with Gasteiger partial charge in [-0.2, -0.15) is 4.31 Å². The smallest absolute Gasteiger partial charge is 0.272 e. The Morgan fingerprint density at radius 2 is 1.89 bits per heavy atom. The monoisotopic (exact) mass is 405 g/mol. The molecular formula is C20H27N3O4S. The van der Waals surface area contributed by atoms with Gasteiger partial charge in [-0.25, -0.2) is 8.42 Å². The van der Waals surface area contributed by atoms with Gasteiger partial charge in [-0.05, 0) is 43.9 Å². The molecule has 7 nitrogen and oxygen atoms in total. The third kappa shape index (κ3) is 3.93. The van der Waals surface area contributed by atoms with Gasteiger partial charge in [0.15, 0.2) is 0 Å². The lowest BCUT2D eigenvalue weighted by Crippen LogP contribution is -2.38. The van der Waals surface area contributed by atoms with Crippen LogP contribution in [0.15, 0.2) is 35.2 Å². The van der Waals surface area contributed by atoms with E-state index in [0.29, 0.717) is 41.8 Å². The zero-order valence-electron chi connectivity index (χ0n) is 16.7. The molecule has 3 rings (SSSR count). The second-order valence-corrected chi connectivity index (χ2v) is 9.22. The number of methoxy groups -OCH3 is 1. The molecule has 0 spiro atoms. The number of hydrogen-bond donors (Lipinski definition) is 1. The number of hydrogen-bond acceptors (Lipinski definition) is 4. The first-order chi connectivity index (χ1) is 13.2. The fourth-order valence-electron chi connectivity index (χ4n) is 3.41. The van der Waals surface area contributed by atoms with Crippen molar-refractivity contribution >= 4 is 21.6 Å². The van der Waals surface area contributed by atoms with Crippen LogP contribution in [-0.2, 0) is 17.1 Å². The van der Waals surface area contributed by atoms with E-state index in [9.17, 15) is 13.2 Å². The van der Waals surface area contributed by atoms with Gasteiger partial charge in [0.1, 0.15) is 16.3 Å². The summed E-state index contributed by atoms with van der Waals surface area (Å²) >= 11 is 0. The van der Waals surface area contributed by atoms with E-state index >= 15 is 0 Å². The average molecular weight is 406 g/mol. The predicted molar refractivity (Wildman–Crippen MR) is 108 cm³/mol. The summed E-state index contributed by atoms with van der Waals surface area (Å²) in [7, 11) is -0.365. The van der Waals surface area contributed by atoms with Crippen LogP contribution >= 0.6 is 0 Å². The lowest BCUT2D eigenvalue weighted by molar-refractivity contribution is 0.101.